The van der Waals surface area contributed by atoms with Gasteiger partial charge in [-0.3, -0.25) is 34.6 Å². The van der Waals surface area contributed by atoms with Gasteiger partial charge < -0.3 is 19.7 Å². The van der Waals surface area contributed by atoms with E-state index in [1.54, 1.807) is 25.2 Å². The van der Waals surface area contributed by atoms with Crippen molar-refractivity contribution < 1.29 is 34.1 Å². The molecule has 12 heteroatoms. The zero-order valence-electron chi connectivity index (χ0n) is 30.5. The molecule has 6 rings (SSSR count). The summed E-state index contributed by atoms with van der Waals surface area (Å²) in [5, 5.41) is 29.9. The minimum Gasteiger partial charge on any atom is -0.454 e. The van der Waals surface area contributed by atoms with Gasteiger partial charge in [0.05, 0.1) is 10.7 Å². The summed E-state index contributed by atoms with van der Waals surface area (Å²) in [5.74, 6) is -1.41. The second kappa shape index (κ2) is 14.1. The number of esters is 2. The summed E-state index contributed by atoms with van der Waals surface area (Å²) in [4.78, 5) is 37.6. The van der Waals surface area contributed by atoms with Crippen molar-refractivity contribution >= 4 is 29.2 Å². The van der Waals surface area contributed by atoms with Gasteiger partial charge in [-0.1, -0.05) is 49.7 Å². The Morgan fingerprint density at radius 1 is 1.16 bits per heavy atom. The van der Waals surface area contributed by atoms with Crippen LogP contribution >= 0.6 is 11.6 Å². The summed E-state index contributed by atoms with van der Waals surface area (Å²) >= 11 is 6.47. The summed E-state index contributed by atoms with van der Waals surface area (Å²) in [6.45, 7) is 19.6. The average molecular weight is 715 g/mol. The average Bonchev–Trinajstić information content (AvgIpc) is 3.40. The number of hydrogen-bond acceptors (Lipinski definition) is 11. The van der Waals surface area contributed by atoms with Crippen LogP contribution in [0.1, 0.15) is 66.4 Å². The number of rotatable bonds is 8. The van der Waals surface area contributed by atoms with Crippen molar-refractivity contribution in [1.82, 2.24) is 15.1 Å². The van der Waals surface area contributed by atoms with Crippen LogP contribution in [0.25, 0.3) is 0 Å². The van der Waals surface area contributed by atoms with Crippen molar-refractivity contribution in [3.63, 3.8) is 0 Å². The van der Waals surface area contributed by atoms with Gasteiger partial charge in [-0.2, -0.15) is 0 Å². The molecule has 11 nitrogen and oxygen atoms in total. The number of carbonyl (C=O) groups excluding carboxylic acids is 2. The zero-order valence-corrected chi connectivity index (χ0v) is 31.2. The Bertz CT molecular complexity index is 1510. The maximum absolute atomic E-state index is 14.2. The molecule has 0 radical (unpaired) electrons. The highest BCUT2D eigenvalue weighted by Crippen LogP contribution is 2.53. The van der Waals surface area contributed by atoms with Crippen molar-refractivity contribution in [3.05, 3.63) is 53.1 Å². The first kappa shape index (κ1) is 37.3. The Kier molecular flexibility index (Phi) is 10.5. The van der Waals surface area contributed by atoms with Gasteiger partial charge in [0.15, 0.2) is 18.4 Å². The molecule has 2 aliphatic carbocycles. The number of ether oxygens (including phenoxy) is 2. The lowest BCUT2D eigenvalue weighted by molar-refractivity contribution is -0.225. The zero-order chi connectivity index (χ0) is 36.3. The van der Waals surface area contributed by atoms with E-state index in [-0.39, 0.29) is 30.1 Å². The highest BCUT2D eigenvalue weighted by molar-refractivity contribution is 6.33. The number of halogens is 1. The van der Waals surface area contributed by atoms with Gasteiger partial charge in [0.1, 0.15) is 17.2 Å². The van der Waals surface area contributed by atoms with Gasteiger partial charge in [-0.05, 0) is 63.0 Å². The van der Waals surface area contributed by atoms with E-state index in [4.69, 9.17) is 25.9 Å². The minimum atomic E-state index is -1.56. The molecular weight excluding hydrogens is 660 g/mol. The van der Waals surface area contributed by atoms with Gasteiger partial charge >= 0.3 is 11.9 Å². The van der Waals surface area contributed by atoms with Crippen molar-refractivity contribution in [2.24, 2.45) is 23.7 Å². The molecule has 0 spiro atoms. The van der Waals surface area contributed by atoms with Crippen LogP contribution in [0.5, 0.6) is 0 Å². The van der Waals surface area contributed by atoms with Crippen LogP contribution < -0.4 is 10.4 Å². The Hall–Kier alpha value is -2.51. The number of hydrogen-bond donors (Lipinski definition) is 3. The van der Waals surface area contributed by atoms with Crippen LogP contribution in [0.2, 0.25) is 5.02 Å². The molecule has 1 aromatic rings. The lowest BCUT2D eigenvalue weighted by atomic mass is 9.55. The Balaban J connectivity index is 1.26. The molecule has 1 unspecified atom stereocenters. The molecule has 3 aliphatic heterocycles. The van der Waals surface area contributed by atoms with E-state index in [2.05, 4.69) is 48.5 Å². The third-order valence-corrected chi connectivity index (χ3v) is 12.7. The van der Waals surface area contributed by atoms with Crippen LogP contribution in [-0.2, 0) is 29.5 Å². The molecule has 3 N–H and O–H groups in total. The number of aliphatic hydroxyl groups is 2. The third kappa shape index (κ3) is 6.41. The fourth-order valence-corrected chi connectivity index (χ4v) is 9.90. The summed E-state index contributed by atoms with van der Waals surface area (Å²) < 4.78 is 12.2. The number of piperazine rings is 1. The van der Waals surface area contributed by atoms with E-state index < -0.39 is 47.6 Å². The number of nitrogens with one attached hydrogen (secondary N) is 1. The van der Waals surface area contributed by atoms with Crippen molar-refractivity contribution in [1.29, 1.82) is 0 Å². The second-order valence-corrected chi connectivity index (χ2v) is 16.1. The van der Waals surface area contributed by atoms with E-state index in [0.717, 1.165) is 44.6 Å². The predicted octanol–water partition coefficient (Wildman–Crippen LogP) is 4.01. The quantitative estimate of drug-likeness (QED) is 0.268. The molecule has 3 fully saturated rings. The molecule has 0 amide bonds. The number of nitrogens with zero attached hydrogens (tertiary/aromatic N) is 3. The molecule has 2 saturated heterocycles. The normalized spacial score (nSPS) is 39.4. The van der Waals surface area contributed by atoms with Gasteiger partial charge in [0, 0.05) is 70.1 Å². The van der Waals surface area contributed by atoms with Gasteiger partial charge in [0.2, 0.25) is 0 Å². The minimum absolute atomic E-state index is 0.0365. The van der Waals surface area contributed by atoms with Crippen LogP contribution in [0, 0.1) is 23.7 Å². The Labute approximate surface area is 301 Å². The molecular formula is C38H55ClN4O7. The van der Waals surface area contributed by atoms with Crippen LogP contribution in [0.15, 0.2) is 42.5 Å². The first-order valence-electron chi connectivity index (χ1n) is 18.1. The number of para-hydroxylation sites is 1. The fourth-order valence-electron chi connectivity index (χ4n) is 9.61. The summed E-state index contributed by atoms with van der Waals surface area (Å²) in [7, 11) is 1.69. The van der Waals surface area contributed by atoms with E-state index in [1.807, 2.05) is 19.9 Å². The summed E-state index contributed by atoms with van der Waals surface area (Å²) in [5.41, 5.74) is -1.23. The van der Waals surface area contributed by atoms with E-state index in [9.17, 15) is 19.8 Å². The van der Waals surface area contributed by atoms with E-state index in [1.165, 1.54) is 12.0 Å². The monoisotopic (exact) mass is 714 g/mol. The number of anilines is 1. The van der Waals surface area contributed by atoms with E-state index in [0.29, 0.717) is 28.4 Å². The lowest BCUT2D eigenvalue weighted by Crippen LogP contribution is -2.66. The highest BCUT2D eigenvalue weighted by Gasteiger charge is 2.62. The van der Waals surface area contributed by atoms with Crippen molar-refractivity contribution in [2.75, 3.05) is 38.3 Å². The fraction of sp³-hybridized carbons (Fsp3) is 0.684. The smallest absolute Gasteiger partial charge is 0.323 e. The molecule has 12 atom stereocenters. The molecule has 1 aromatic carbocycles. The molecule has 0 bridgehead atoms. The first-order valence-corrected chi connectivity index (χ1v) is 18.5. The van der Waals surface area contributed by atoms with Crippen molar-refractivity contribution in [2.45, 2.75) is 109 Å². The number of carbonyl (C=O) groups is 2. The number of hydroxylamine groups is 1. The Morgan fingerprint density at radius 3 is 2.56 bits per heavy atom. The molecule has 50 heavy (non-hydrogen) atoms. The van der Waals surface area contributed by atoms with Crippen LogP contribution in [-0.4, -0.2) is 107 Å². The largest absolute Gasteiger partial charge is 0.454 e. The molecule has 0 aromatic heterocycles. The number of benzene rings is 1. The van der Waals surface area contributed by atoms with Crippen molar-refractivity contribution in [3.8, 4) is 0 Å². The topological polar surface area (TPSA) is 124 Å². The predicted molar refractivity (Wildman–Crippen MR) is 191 cm³/mol. The maximum Gasteiger partial charge on any atom is 0.323 e. The standard InChI is InChI=1S/C38H55ClN4O7/c1-9-15-42-19-25(6)43(20-24(42)5)18-22(3)27-14-13-23(4)38(47)29(27)16-21(2)33(48-26(7)44)34(38)49-35(45)31-17-37(46)28-11-10-12-30(39)32(28)41(8)50-36(37)40-31/h9-12,16,22-25,27,29,31,33-34,36,40,46-47H,1,13-15,17-20H2,2-8H3/t22?,23-,24-,25+,27+,29-,31+,33-,34+,36-,37-,38-/m1/s1. The van der Waals surface area contributed by atoms with Gasteiger partial charge in [-0.15, -0.1) is 6.58 Å². The molecule has 1 saturated carbocycles. The third-order valence-electron chi connectivity index (χ3n) is 12.4. The summed E-state index contributed by atoms with van der Waals surface area (Å²) in [6.07, 6.45) is 2.61. The molecule has 3 heterocycles. The SMILES string of the molecule is C=CCN1C[C@H](C)N(CC(C)[C@@H]2CC[C@@H](C)[C@@]3(O)[C@@H]2C=C(C)[C@@H](OC(C)=O)[C@@H]3OC(=O)[C@@H]2C[C@@]3(O)c4cccc(Cl)c4N(C)O[C@H]3N2)C[C@H]1C. The highest BCUT2D eigenvalue weighted by atomic mass is 35.5. The van der Waals surface area contributed by atoms with E-state index >= 15 is 0 Å². The lowest BCUT2D eigenvalue weighted by Gasteiger charge is -2.56. The number of fused-ring (bicyclic) bond motifs is 4. The van der Waals surface area contributed by atoms with Crippen LogP contribution in [0.3, 0.4) is 0 Å². The maximum atomic E-state index is 14.2. The van der Waals surface area contributed by atoms with Crippen LogP contribution in [0.4, 0.5) is 5.69 Å². The second-order valence-electron chi connectivity index (χ2n) is 15.7. The molecule has 276 valence electrons. The van der Waals surface area contributed by atoms with Gasteiger partial charge in [0.25, 0.3) is 0 Å². The Morgan fingerprint density at radius 2 is 1.86 bits per heavy atom. The first-order chi connectivity index (χ1) is 23.6. The molecule has 5 aliphatic rings. The summed E-state index contributed by atoms with van der Waals surface area (Å²) in [6, 6.07) is 5.07. The van der Waals surface area contributed by atoms with Gasteiger partial charge in [-0.25, -0.2) is 0 Å².